The van der Waals surface area contributed by atoms with E-state index < -0.39 is 0 Å². The number of carbonyl (C=O) groups excluding carboxylic acids is 1. The molecule has 0 spiro atoms. The van der Waals surface area contributed by atoms with E-state index in [-0.39, 0.29) is 11.9 Å². The second kappa shape index (κ2) is 6.66. The fourth-order valence-corrected chi connectivity index (χ4v) is 1.13. The lowest BCUT2D eigenvalue weighted by Crippen LogP contribution is -2.43. The molecule has 0 saturated carbocycles. The van der Waals surface area contributed by atoms with Crippen molar-refractivity contribution in [3.05, 3.63) is 12.7 Å². The number of rotatable bonds is 6. The summed E-state index contributed by atoms with van der Waals surface area (Å²) in [4.78, 5) is 13.4. The van der Waals surface area contributed by atoms with Crippen LogP contribution in [0.5, 0.6) is 0 Å². The van der Waals surface area contributed by atoms with Gasteiger partial charge in [-0.2, -0.15) is 0 Å². The molecule has 0 aliphatic heterocycles. The Labute approximate surface area is 80.6 Å². The van der Waals surface area contributed by atoms with E-state index in [1.807, 2.05) is 13.8 Å². The predicted octanol–water partition coefficient (Wildman–Crippen LogP) is 1.15. The minimum absolute atomic E-state index is 0.0317. The highest BCUT2D eigenvalue weighted by Crippen LogP contribution is 1.98. The van der Waals surface area contributed by atoms with E-state index in [1.54, 1.807) is 11.0 Å². The standard InChI is InChI=1S/C10H20N2O/c1-4-7-12(8-5-2)10(13)9(11)6-3/h4,9H,1,5-8,11H2,2-3H3/t9-/m1/s1. The van der Waals surface area contributed by atoms with Gasteiger partial charge in [-0.15, -0.1) is 6.58 Å². The van der Waals surface area contributed by atoms with Gasteiger partial charge in [0.1, 0.15) is 0 Å². The summed E-state index contributed by atoms with van der Waals surface area (Å²) in [6, 6.07) is -0.355. The van der Waals surface area contributed by atoms with Gasteiger partial charge in [-0.05, 0) is 12.8 Å². The van der Waals surface area contributed by atoms with Gasteiger partial charge in [-0.3, -0.25) is 4.79 Å². The summed E-state index contributed by atoms with van der Waals surface area (Å²) >= 11 is 0. The Morgan fingerprint density at radius 2 is 2.23 bits per heavy atom. The lowest BCUT2D eigenvalue weighted by Gasteiger charge is -2.23. The SMILES string of the molecule is C=CCN(CCC)C(=O)[C@H](N)CC. The van der Waals surface area contributed by atoms with E-state index in [4.69, 9.17) is 5.73 Å². The normalized spacial score (nSPS) is 12.2. The van der Waals surface area contributed by atoms with Crippen LogP contribution in [-0.4, -0.2) is 29.9 Å². The van der Waals surface area contributed by atoms with Crippen molar-refractivity contribution in [1.29, 1.82) is 0 Å². The van der Waals surface area contributed by atoms with Crippen molar-refractivity contribution in [2.45, 2.75) is 32.7 Å². The molecule has 0 aromatic rings. The summed E-state index contributed by atoms with van der Waals surface area (Å²) in [5.41, 5.74) is 5.65. The molecule has 0 aliphatic rings. The quantitative estimate of drug-likeness (QED) is 0.629. The first-order valence-electron chi connectivity index (χ1n) is 4.82. The molecule has 0 aromatic carbocycles. The van der Waals surface area contributed by atoms with Crippen molar-refractivity contribution in [3.8, 4) is 0 Å². The highest BCUT2D eigenvalue weighted by atomic mass is 16.2. The van der Waals surface area contributed by atoms with Crippen molar-refractivity contribution in [3.63, 3.8) is 0 Å². The second-order valence-corrected chi connectivity index (χ2v) is 3.09. The third kappa shape index (κ3) is 4.08. The predicted molar refractivity (Wildman–Crippen MR) is 55.3 cm³/mol. The number of hydrogen-bond donors (Lipinski definition) is 1. The molecule has 1 atom stereocenters. The zero-order chi connectivity index (χ0) is 10.3. The molecule has 2 N–H and O–H groups in total. The van der Waals surface area contributed by atoms with Crippen molar-refractivity contribution >= 4 is 5.91 Å². The van der Waals surface area contributed by atoms with Gasteiger partial charge in [0.15, 0.2) is 0 Å². The highest BCUT2D eigenvalue weighted by molar-refractivity contribution is 5.81. The van der Waals surface area contributed by atoms with Crippen LogP contribution < -0.4 is 5.73 Å². The van der Waals surface area contributed by atoms with Crippen LogP contribution in [0.15, 0.2) is 12.7 Å². The zero-order valence-corrected chi connectivity index (χ0v) is 8.62. The topological polar surface area (TPSA) is 46.3 Å². The van der Waals surface area contributed by atoms with E-state index >= 15 is 0 Å². The average molecular weight is 184 g/mol. The van der Waals surface area contributed by atoms with Crippen LogP contribution in [0.3, 0.4) is 0 Å². The Bertz CT molecular complexity index is 168. The highest BCUT2D eigenvalue weighted by Gasteiger charge is 2.17. The van der Waals surface area contributed by atoms with Gasteiger partial charge >= 0.3 is 0 Å². The smallest absolute Gasteiger partial charge is 0.239 e. The van der Waals surface area contributed by atoms with Crippen LogP contribution in [0.25, 0.3) is 0 Å². The van der Waals surface area contributed by atoms with E-state index in [1.165, 1.54) is 0 Å². The second-order valence-electron chi connectivity index (χ2n) is 3.09. The van der Waals surface area contributed by atoms with Crippen LogP contribution in [0.1, 0.15) is 26.7 Å². The Morgan fingerprint density at radius 3 is 2.62 bits per heavy atom. The molecule has 76 valence electrons. The minimum atomic E-state index is -0.355. The van der Waals surface area contributed by atoms with Crippen molar-refractivity contribution in [2.75, 3.05) is 13.1 Å². The van der Waals surface area contributed by atoms with Gasteiger partial charge in [-0.25, -0.2) is 0 Å². The number of amides is 1. The van der Waals surface area contributed by atoms with E-state index in [2.05, 4.69) is 6.58 Å². The van der Waals surface area contributed by atoms with E-state index in [0.29, 0.717) is 13.0 Å². The number of nitrogens with zero attached hydrogens (tertiary/aromatic N) is 1. The van der Waals surface area contributed by atoms with Crippen LogP contribution in [0.4, 0.5) is 0 Å². The number of nitrogens with two attached hydrogens (primary N) is 1. The van der Waals surface area contributed by atoms with Crippen LogP contribution >= 0.6 is 0 Å². The van der Waals surface area contributed by atoms with Crippen molar-refractivity contribution < 1.29 is 4.79 Å². The van der Waals surface area contributed by atoms with Crippen molar-refractivity contribution in [1.82, 2.24) is 4.90 Å². The molecular formula is C10H20N2O. The fraction of sp³-hybridized carbons (Fsp3) is 0.700. The number of carbonyl (C=O) groups is 1. The monoisotopic (exact) mass is 184 g/mol. The molecular weight excluding hydrogens is 164 g/mol. The molecule has 1 amide bonds. The van der Waals surface area contributed by atoms with Gasteiger partial charge in [0.05, 0.1) is 6.04 Å². The van der Waals surface area contributed by atoms with Gasteiger partial charge in [-0.1, -0.05) is 19.9 Å². The number of hydrogen-bond acceptors (Lipinski definition) is 2. The van der Waals surface area contributed by atoms with Gasteiger partial charge in [0, 0.05) is 13.1 Å². The first kappa shape index (κ1) is 12.2. The minimum Gasteiger partial charge on any atom is -0.338 e. The maximum atomic E-state index is 11.6. The first-order chi connectivity index (χ1) is 6.17. The van der Waals surface area contributed by atoms with E-state index in [9.17, 15) is 4.79 Å². The Balaban J connectivity index is 4.17. The van der Waals surface area contributed by atoms with Crippen LogP contribution in [-0.2, 0) is 4.79 Å². The molecule has 0 bridgehead atoms. The first-order valence-corrected chi connectivity index (χ1v) is 4.82. The molecule has 3 heteroatoms. The van der Waals surface area contributed by atoms with Crippen LogP contribution in [0, 0.1) is 0 Å². The Morgan fingerprint density at radius 1 is 1.62 bits per heavy atom. The molecule has 0 unspecified atom stereocenters. The molecule has 0 rings (SSSR count). The van der Waals surface area contributed by atoms with Crippen LogP contribution in [0.2, 0.25) is 0 Å². The molecule has 0 saturated heterocycles. The summed E-state index contributed by atoms with van der Waals surface area (Å²) < 4.78 is 0. The van der Waals surface area contributed by atoms with Gasteiger partial charge < -0.3 is 10.6 Å². The summed E-state index contributed by atoms with van der Waals surface area (Å²) in [6.07, 6.45) is 3.38. The maximum absolute atomic E-state index is 11.6. The molecule has 13 heavy (non-hydrogen) atoms. The third-order valence-electron chi connectivity index (χ3n) is 1.91. The summed E-state index contributed by atoms with van der Waals surface area (Å²) in [5, 5.41) is 0. The van der Waals surface area contributed by atoms with E-state index in [0.717, 1.165) is 13.0 Å². The van der Waals surface area contributed by atoms with Crippen molar-refractivity contribution in [2.24, 2.45) is 5.73 Å². The molecule has 0 aromatic heterocycles. The van der Waals surface area contributed by atoms with Gasteiger partial charge in [0.2, 0.25) is 5.91 Å². The Kier molecular flexibility index (Phi) is 6.24. The summed E-state index contributed by atoms with van der Waals surface area (Å²) in [5.74, 6) is 0.0317. The Hall–Kier alpha value is -0.830. The lowest BCUT2D eigenvalue weighted by atomic mass is 10.2. The summed E-state index contributed by atoms with van der Waals surface area (Å²) in [7, 11) is 0. The third-order valence-corrected chi connectivity index (χ3v) is 1.91. The maximum Gasteiger partial charge on any atom is 0.239 e. The van der Waals surface area contributed by atoms with Gasteiger partial charge in [0.25, 0.3) is 0 Å². The molecule has 0 aliphatic carbocycles. The fourth-order valence-electron chi connectivity index (χ4n) is 1.13. The molecule has 0 heterocycles. The average Bonchev–Trinajstić information content (AvgIpc) is 2.15. The molecule has 3 nitrogen and oxygen atoms in total. The zero-order valence-electron chi connectivity index (χ0n) is 8.62. The summed E-state index contributed by atoms with van der Waals surface area (Å²) in [6.45, 7) is 8.94. The molecule has 0 radical (unpaired) electrons. The molecule has 0 fully saturated rings. The largest absolute Gasteiger partial charge is 0.338 e. The lowest BCUT2D eigenvalue weighted by molar-refractivity contribution is -0.132.